The number of rotatable bonds is 8. The van der Waals surface area contributed by atoms with Gasteiger partial charge in [-0.05, 0) is 48.0 Å². The van der Waals surface area contributed by atoms with Crippen LogP contribution in [0.3, 0.4) is 0 Å². The number of carbonyl (C=O) groups excluding carboxylic acids is 1. The van der Waals surface area contributed by atoms with E-state index in [-0.39, 0.29) is 22.9 Å². The summed E-state index contributed by atoms with van der Waals surface area (Å²) in [6.45, 7) is 0. The number of ether oxygens (including phenoxy) is 1. The van der Waals surface area contributed by atoms with Gasteiger partial charge >= 0.3 is 5.97 Å². The lowest BCUT2D eigenvalue weighted by Crippen LogP contribution is -2.20. The summed E-state index contributed by atoms with van der Waals surface area (Å²) < 4.78 is 6.54. The monoisotopic (exact) mass is 561 g/mol. The first-order chi connectivity index (χ1) is 20.3. The highest BCUT2D eigenvalue weighted by molar-refractivity contribution is 5.91. The van der Waals surface area contributed by atoms with Crippen LogP contribution in [0.15, 0.2) is 113 Å². The molecule has 0 atom stereocenters. The summed E-state index contributed by atoms with van der Waals surface area (Å²) in [6.07, 6.45) is 3.86. The predicted octanol–water partition coefficient (Wildman–Crippen LogP) is 5.38. The third-order valence-corrected chi connectivity index (χ3v) is 6.02. The van der Waals surface area contributed by atoms with Gasteiger partial charge in [0.1, 0.15) is 5.75 Å². The fourth-order valence-corrected chi connectivity index (χ4v) is 4.00. The Bertz CT molecular complexity index is 1960. The minimum atomic E-state index is -0.738. The molecule has 5 aromatic rings. The number of nitro benzene ring substituents is 2. The third-order valence-electron chi connectivity index (χ3n) is 6.02. The Hall–Kier alpha value is -6.30. The largest absolute Gasteiger partial charge is 0.423 e. The summed E-state index contributed by atoms with van der Waals surface area (Å²) in [5.41, 5.74) is 0.950. The number of carbonyl (C=O) groups is 1. The molecule has 0 N–H and O–H groups in total. The maximum absolute atomic E-state index is 13.4. The van der Waals surface area contributed by atoms with Crippen molar-refractivity contribution in [3.05, 3.63) is 145 Å². The van der Waals surface area contributed by atoms with Gasteiger partial charge in [0, 0.05) is 41.5 Å². The Morgan fingerprint density at radius 3 is 2.33 bits per heavy atom. The Labute approximate surface area is 236 Å². The zero-order valence-electron chi connectivity index (χ0n) is 21.6. The summed E-state index contributed by atoms with van der Waals surface area (Å²) >= 11 is 0. The first-order valence-electron chi connectivity index (χ1n) is 12.3. The smallest absolute Gasteiger partial charge is 0.336 e. The molecule has 0 saturated carbocycles. The van der Waals surface area contributed by atoms with Crippen LogP contribution >= 0.6 is 0 Å². The minimum absolute atomic E-state index is 0.112. The van der Waals surface area contributed by atoms with Gasteiger partial charge in [0.15, 0.2) is 5.82 Å². The molecule has 206 valence electrons. The average Bonchev–Trinajstić information content (AvgIpc) is 3.00. The highest BCUT2D eigenvalue weighted by atomic mass is 16.6. The van der Waals surface area contributed by atoms with E-state index in [4.69, 9.17) is 4.74 Å². The van der Waals surface area contributed by atoms with Gasteiger partial charge in [-0.2, -0.15) is 9.78 Å². The average molecular weight is 562 g/mol. The molecular weight excluding hydrogens is 542 g/mol. The second-order valence-corrected chi connectivity index (χ2v) is 8.76. The van der Waals surface area contributed by atoms with Crippen LogP contribution in [0, 0.1) is 20.2 Å². The second-order valence-electron chi connectivity index (χ2n) is 8.76. The van der Waals surface area contributed by atoms with Gasteiger partial charge in [-0.1, -0.05) is 36.4 Å². The van der Waals surface area contributed by atoms with Crippen LogP contribution in [0.2, 0.25) is 0 Å². The molecule has 0 amide bonds. The Balaban J connectivity index is 1.47. The molecule has 4 aromatic carbocycles. The zero-order valence-corrected chi connectivity index (χ0v) is 21.6. The molecule has 0 fully saturated rings. The molecule has 0 unspecified atom stereocenters. The van der Waals surface area contributed by atoms with E-state index >= 15 is 0 Å². The first kappa shape index (κ1) is 27.3. The Morgan fingerprint density at radius 1 is 0.857 bits per heavy atom. The number of non-ortho nitro benzene ring substituents is 2. The van der Waals surface area contributed by atoms with Gasteiger partial charge in [-0.3, -0.25) is 25.0 Å². The van der Waals surface area contributed by atoms with Gasteiger partial charge in [-0.15, -0.1) is 0 Å². The summed E-state index contributed by atoms with van der Waals surface area (Å²) in [4.78, 5) is 51.6. The van der Waals surface area contributed by atoms with E-state index in [1.807, 2.05) is 0 Å². The molecule has 0 aliphatic carbocycles. The number of hydrogen-bond acceptors (Lipinski definition) is 9. The molecule has 0 saturated heterocycles. The van der Waals surface area contributed by atoms with E-state index in [0.29, 0.717) is 27.6 Å². The zero-order chi connectivity index (χ0) is 29.6. The Morgan fingerprint density at radius 2 is 1.57 bits per heavy atom. The van der Waals surface area contributed by atoms with Crippen molar-refractivity contribution in [1.29, 1.82) is 0 Å². The molecule has 0 radical (unpaired) electrons. The van der Waals surface area contributed by atoms with Crippen molar-refractivity contribution in [3.8, 4) is 17.1 Å². The van der Waals surface area contributed by atoms with E-state index in [2.05, 4.69) is 10.1 Å². The summed E-state index contributed by atoms with van der Waals surface area (Å²) in [6, 6.07) is 24.6. The SMILES string of the molecule is O=C(/C=C/c1cccc([N+](=O)[O-])c1)Oc1ccccc1C=Nn1c(-c2ccc([N+](=O)[O-])cc2)nc2ccccc2c1=O. The molecular formula is C30H19N5O7. The van der Waals surface area contributed by atoms with Crippen molar-refractivity contribution >= 4 is 40.5 Å². The summed E-state index contributed by atoms with van der Waals surface area (Å²) in [5.74, 6) is -0.439. The van der Waals surface area contributed by atoms with Crippen molar-refractivity contribution in [3.63, 3.8) is 0 Å². The lowest BCUT2D eigenvalue weighted by molar-refractivity contribution is -0.385. The topological polar surface area (TPSA) is 160 Å². The maximum Gasteiger partial charge on any atom is 0.336 e. The van der Waals surface area contributed by atoms with Crippen molar-refractivity contribution < 1.29 is 19.4 Å². The van der Waals surface area contributed by atoms with Crippen LogP contribution in [-0.2, 0) is 4.79 Å². The molecule has 0 bridgehead atoms. The van der Waals surface area contributed by atoms with Crippen LogP contribution in [0.4, 0.5) is 11.4 Å². The fraction of sp³-hybridized carbons (Fsp3) is 0. The van der Waals surface area contributed by atoms with E-state index in [0.717, 1.165) is 10.8 Å². The van der Waals surface area contributed by atoms with E-state index in [1.165, 1.54) is 54.8 Å². The van der Waals surface area contributed by atoms with Crippen LogP contribution in [0.5, 0.6) is 5.75 Å². The number of benzene rings is 4. The van der Waals surface area contributed by atoms with Gasteiger partial charge in [0.05, 0.1) is 27.0 Å². The van der Waals surface area contributed by atoms with E-state index in [9.17, 15) is 29.8 Å². The lowest BCUT2D eigenvalue weighted by Gasteiger charge is -2.10. The molecule has 12 heteroatoms. The maximum atomic E-state index is 13.4. The van der Waals surface area contributed by atoms with E-state index < -0.39 is 21.4 Å². The predicted molar refractivity (Wildman–Crippen MR) is 155 cm³/mol. The van der Waals surface area contributed by atoms with Crippen LogP contribution in [0.1, 0.15) is 11.1 Å². The molecule has 1 aromatic heterocycles. The lowest BCUT2D eigenvalue weighted by atomic mass is 10.1. The highest BCUT2D eigenvalue weighted by Crippen LogP contribution is 2.23. The number of esters is 1. The van der Waals surface area contributed by atoms with Crippen LogP contribution in [-0.4, -0.2) is 31.7 Å². The quantitative estimate of drug-likeness (QED) is 0.0609. The van der Waals surface area contributed by atoms with Gasteiger partial charge < -0.3 is 4.74 Å². The normalized spacial score (nSPS) is 11.2. The molecule has 5 rings (SSSR count). The number of nitrogens with zero attached hydrogens (tertiary/aromatic N) is 5. The standard InChI is InChI=1S/C30H19N5O7/c36-28(17-12-20-6-5-8-24(18-20)35(40)41)42-27-11-4-1-7-22(27)19-31-33-29(21-13-15-23(16-14-21)34(38)39)32-26-10-3-2-9-25(26)30(33)37/h1-19H/b17-12+,31-19?. The molecule has 1 heterocycles. The van der Waals surface area contributed by atoms with Crippen molar-refractivity contribution in [2.45, 2.75) is 0 Å². The third kappa shape index (κ3) is 5.97. The van der Waals surface area contributed by atoms with Gasteiger partial charge in [0.2, 0.25) is 0 Å². The molecule has 12 nitrogen and oxygen atoms in total. The minimum Gasteiger partial charge on any atom is -0.423 e. The molecule has 42 heavy (non-hydrogen) atoms. The fourth-order valence-electron chi connectivity index (χ4n) is 4.00. The van der Waals surface area contributed by atoms with E-state index in [1.54, 1.807) is 54.6 Å². The highest BCUT2D eigenvalue weighted by Gasteiger charge is 2.15. The molecule has 0 spiro atoms. The van der Waals surface area contributed by atoms with Crippen molar-refractivity contribution in [2.75, 3.05) is 0 Å². The van der Waals surface area contributed by atoms with Crippen LogP contribution < -0.4 is 10.3 Å². The number of hydrogen-bond donors (Lipinski definition) is 0. The first-order valence-corrected chi connectivity index (χ1v) is 12.3. The van der Waals surface area contributed by atoms with Crippen molar-refractivity contribution in [2.24, 2.45) is 5.10 Å². The van der Waals surface area contributed by atoms with Gasteiger partial charge in [-0.25, -0.2) is 9.78 Å². The summed E-state index contributed by atoms with van der Waals surface area (Å²) in [5, 5.41) is 26.8. The molecule has 0 aliphatic heterocycles. The molecule has 0 aliphatic rings. The number of fused-ring (bicyclic) bond motifs is 1. The van der Waals surface area contributed by atoms with Crippen LogP contribution in [0.25, 0.3) is 28.4 Å². The van der Waals surface area contributed by atoms with Gasteiger partial charge in [0.25, 0.3) is 16.9 Å². The second kappa shape index (κ2) is 11.8. The summed E-state index contributed by atoms with van der Waals surface area (Å²) in [7, 11) is 0. The number of para-hydroxylation sites is 2. The van der Waals surface area contributed by atoms with Crippen molar-refractivity contribution in [1.82, 2.24) is 9.66 Å². The number of aromatic nitrogens is 2. The number of nitro groups is 2. The Kier molecular flexibility index (Phi) is 7.69.